The van der Waals surface area contributed by atoms with Gasteiger partial charge in [0, 0.05) is 11.9 Å². The minimum Gasteiger partial charge on any atom is -0.364 e. The first-order chi connectivity index (χ1) is 9.28. The molecule has 0 atom stereocenters. The molecular formula is C12H14N6S. The SMILES string of the molecule is CNc1nc(NCc2sccc2C)c2cn[nH]c2n1. The van der Waals surface area contributed by atoms with Gasteiger partial charge in [0.1, 0.15) is 5.82 Å². The number of anilines is 2. The Balaban J connectivity index is 1.91. The van der Waals surface area contributed by atoms with Crippen molar-refractivity contribution in [3.8, 4) is 0 Å². The number of hydrogen-bond donors (Lipinski definition) is 3. The summed E-state index contributed by atoms with van der Waals surface area (Å²) in [5.41, 5.74) is 2.02. The number of fused-ring (bicyclic) bond motifs is 1. The van der Waals surface area contributed by atoms with Crippen LogP contribution >= 0.6 is 11.3 Å². The Labute approximate surface area is 114 Å². The maximum Gasteiger partial charge on any atom is 0.226 e. The van der Waals surface area contributed by atoms with Gasteiger partial charge in [-0.1, -0.05) is 0 Å². The quantitative estimate of drug-likeness (QED) is 0.681. The number of aryl methyl sites for hydroxylation is 1. The molecule has 0 radical (unpaired) electrons. The Morgan fingerprint density at radius 3 is 3.00 bits per heavy atom. The molecule has 0 saturated heterocycles. The number of nitrogens with one attached hydrogen (secondary N) is 3. The van der Waals surface area contributed by atoms with Crippen molar-refractivity contribution >= 4 is 34.1 Å². The van der Waals surface area contributed by atoms with Gasteiger partial charge in [-0.15, -0.1) is 11.3 Å². The van der Waals surface area contributed by atoms with E-state index in [-0.39, 0.29) is 0 Å². The monoisotopic (exact) mass is 274 g/mol. The second-order valence-corrected chi connectivity index (χ2v) is 5.16. The Morgan fingerprint density at radius 1 is 1.37 bits per heavy atom. The van der Waals surface area contributed by atoms with E-state index in [0.29, 0.717) is 5.95 Å². The molecule has 7 heteroatoms. The molecule has 0 saturated carbocycles. The topological polar surface area (TPSA) is 78.5 Å². The van der Waals surface area contributed by atoms with E-state index >= 15 is 0 Å². The Kier molecular flexibility index (Phi) is 3.04. The molecule has 0 unspecified atom stereocenters. The molecule has 0 aromatic carbocycles. The summed E-state index contributed by atoms with van der Waals surface area (Å²) in [6.07, 6.45) is 1.73. The highest BCUT2D eigenvalue weighted by Gasteiger charge is 2.09. The highest BCUT2D eigenvalue weighted by atomic mass is 32.1. The number of aromatic nitrogens is 4. The van der Waals surface area contributed by atoms with E-state index in [2.05, 4.69) is 49.2 Å². The van der Waals surface area contributed by atoms with E-state index in [1.165, 1.54) is 10.4 Å². The first-order valence-electron chi connectivity index (χ1n) is 5.93. The van der Waals surface area contributed by atoms with Gasteiger partial charge in [0.05, 0.1) is 18.1 Å². The molecule has 0 aliphatic heterocycles. The zero-order valence-corrected chi connectivity index (χ0v) is 11.5. The number of rotatable bonds is 4. The van der Waals surface area contributed by atoms with Crippen LogP contribution in [0, 0.1) is 6.92 Å². The van der Waals surface area contributed by atoms with Crippen molar-refractivity contribution in [3.05, 3.63) is 28.1 Å². The van der Waals surface area contributed by atoms with Gasteiger partial charge in [-0.2, -0.15) is 15.1 Å². The Hall–Kier alpha value is -2.15. The number of thiophene rings is 1. The predicted molar refractivity (Wildman–Crippen MR) is 77.6 cm³/mol. The molecule has 0 bridgehead atoms. The lowest BCUT2D eigenvalue weighted by Crippen LogP contribution is -2.05. The van der Waals surface area contributed by atoms with Crippen molar-refractivity contribution in [3.63, 3.8) is 0 Å². The molecule has 6 nitrogen and oxygen atoms in total. The zero-order valence-electron chi connectivity index (χ0n) is 10.7. The fraction of sp³-hybridized carbons (Fsp3) is 0.250. The molecule has 0 amide bonds. The average Bonchev–Trinajstić information content (AvgIpc) is 3.04. The third-order valence-corrected chi connectivity index (χ3v) is 3.94. The summed E-state index contributed by atoms with van der Waals surface area (Å²) in [5, 5.41) is 16.2. The van der Waals surface area contributed by atoms with Gasteiger partial charge in [0.25, 0.3) is 0 Å². The molecule has 3 rings (SSSR count). The van der Waals surface area contributed by atoms with Crippen LogP contribution in [0.1, 0.15) is 10.4 Å². The first kappa shape index (κ1) is 11.9. The van der Waals surface area contributed by atoms with Crippen LogP contribution < -0.4 is 10.6 Å². The standard InChI is InChI=1S/C12H14N6S/c1-7-3-4-19-9(7)6-14-10-8-5-15-18-11(8)17-12(13-2)16-10/h3-5H,6H2,1-2H3,(H3,13,14,15,16,17,18). The fourth-order valence-corrected chi connectivity index (χ4v) is 2.68. The number of nitrogens with zero attached hydrogens (tertiary/aromatic N) is 3. The van der Waals surface area contributed by atoms with Crippen LogP contribution in [0.4, 0.5) is 11.8 Å². The average molecular weight is 274 g/mol. The van der Waals surface area contributed by atoms with E-state index in [0.717, 1.165) is 23.4 Å². The lowest BCUT2D eigenvalue weighted by atomic mass is 10.3. The molecule has 3 aromatic rings. The van der Waals surface area contributed by atoms with E-state index in [9.17, 15) is 0 Å². The van der Waals surface area contributed by atoms with E-state index in [1.807, 2.05) is 0 Å². The fourth-order valence-electron chi connectivity index (χ4n) is 1.83. The molecule has 0 aliphatic carbocycles. The summed E-state index contributed by atoms with van der Waals surface area (Å²) < 4.78 is 0. The predicted octanol–water partition coefficient (Wildman–Crippen LogP) is 2.38. The maximum atomic E-state index is 4.43. The minimum absolute atomic E-state index is 0.571. The van der Waals surface area contributed by atoms with Gasteiger partial charge in [0.15, 0.2) is 5.65 Å². The third kappa shape index (κ3) is 2.24. The van der Waals surface area contributed by atoms with Gasteiger partial charge in [-0.05, 0) is 23.9 Å². The van der Waals surface area contributed by atoms with E-state index in [4.69, 9.17) is 0 Å². The second-order valence-electron chi connectivity index (χ2n) is 4.16. The molecular weight excluding hydrogens is 260 g/mol. The molecule has 3 N–H and O–H groups in total. The van der Waals surface area contributed by atoms with Crippen molar-refractivity contribution < 1.29 is 0 Å². The van der Waals surface area contributed by atoms with Crippen LogP contribution in [-0.4, -0.2) is 27.2 Å². The van der Waals surface area contributed by atoms with Gasteiger partial charge in [-0.3, -0.25) is 5.10 Å². The summed E-state index contributed by atoms with van der Waals surface area (Å²) in [4.78, 5) is 10.0. The second kappa shape index (κ2) is 4.85. The van der Waals surface area contributed by atoms with Crippen molar-refractivity contribution in [2.75, 3.05) is 17.7 Å². The van der Waals surface area contributed by atoms with E-state index < -0.39 is 0 Å². The first-order valence-corrected chi connectivity index (χ1v) is 6.81. The van der Waals surface area contributed by atoms with Crippen LogP contribution in [0.3, 0.4) is 0 Å². The summed E-state index contributed by atoms with van der Waals surface area (Å²) in [6.45, 7) is 2.86. The van der Waals surface area contributed by atoms with Crippen LogP contribution in [0.25, 0.3) is 11.0 Å². The molecule has 3 heterocycles. The van der Waals surface area contributed by atoms with Gasteiger partial charge in [-0.25, -0.2) is 0 Å². The highest BCUT2D eigenvalue weighted by molar-refractivity contribution is 7.10. The van der Waals surface area contributed by atoms with Crippen LogP contribution in [0.15, 0.2) is 17.6 Å². The van der Waals surface area contributed by atoms with Crippen molar-refractivity contribution in [2.24, 2.45) is 0 Å². The maximum absolute atomic E-state index is 4.43. The third-order valence-electron chi connectivity index (χ3n) is 2.92. The molecule has 0 fully saturated rings. The molecule has 98 valence electrons. The number of hydrogen-bond acceptors (Lipinski definition) is 6. The smallest absolute Gasteiger partial charge is 0.226 e. The number of H-pyrrole nitrogens is 1. The summed E-state index contributed by atoms with van der Waals surface area (Å²) in [7, 11) is 1.80. The van der Waals surface area contributed by atoms with Crippen LogP contribution in [0.5, 0.6) is 0 Å². The highest BCUT2D eigenvalue weighted by Crippen LogP contribution is 2.22. The van der Waals surface area contributed by atoms with Gasteiger partial charge in [0.2, 0.25) is 5.95 Å². The normalized spacial score (nSPS) is 10.8. The molecule has 0 spiro atoms. The zero-order chi connectivity index (χ0) is 13.2. The Bertz CT molecular complexity index is 701. The van der Waals surface area contributed by atoms with Crippen molar-refractivity contribution in [1.82, 2.24) is 20.2 Å². The van der Waals surface area contributed by atoms with E-state index in [1.54, 1.807) is 24.6 Å². The molecule has 3 aromatic heterocycles. The van der Waals surface area contributed by atoms with Crippen LogP contribution in [-0.2, 0) is 6.54 Å². The van der Waals surface area contributed by atoms with Crippen molar-refractivity contribution in [2.45, 2.75) is 13.5 Å². The largest absolute Gasteiger partial charge is 0.364 e. The lowest BCUT2D eigenvalue weighted by Gasteiger charge is -2.07. The van der Waals surface area contributed by atoms with Crippen molar-refractivity contribution in [1.29, 1.82) is 0 Å². The number of aromatic amines is 1. The summed E-state index contributed by atoms with van der Waals surface area (Å²) in [6, 6.07) is 2.12. The Morgan fingerprint density at radius 2 is 2.26 bits per heavy atom. The minimum atomic E-state index is 0.571. The summed E-state index contributed by atoms with van der Waals surface area (Å²) >= 11 is 1.74. The molecule has 19 heavy (non-hydrogen) atoms. The van der Waals surface area contributed by atoms with Gasteiger partial charge < -0.3 is 10.6 Å². The molecule has 0 aliphatic rings. The van der Waals surface area contributed by atoms with Gasteiger partial charge >= 0.3 is 0 Å². The summed E-state index contributed by atoms with van der Waals surface area (Å²) in [5.74, 6) is 1.36. The lowest BCUT2D eigenvalue weighted by molar-refractivity contribution is 1.08. The van der Waals surface area contributed by atoms with Crippen LogP contribution in [0.2, 0.25) is 0 Å².